The number of amides is 1. The van der Waals surface area contributed by atoms with E-state index in [1.165, 1.54) is 0 Å². The van der Waals surface area contributed by atoms with Crippen LogP contribution in [0.1, 0.15) is 25.0 Å². The zero-order chi connectivity index (χ0) is 17.4. The standard InChI is InChI=1S/C19H21N5O/c1-12-10-17-22-16(13-6-3-2-4-7-13)11-18(24(17)23-12)21-15-9-5-8-14(15)19(20)25/h2-4,6-7,10-11,14-15,21H,5,8-9H2,1H3,(H2,20,25)/t14-,15+/m0/s1. The maximum absolute atomic E-state index is 11.7. The second-order valence-corrected chi connectivity index (χ2v) is 6.64. The van der Waals surface area contributed by atoms with Crippen LogP contribution in [0.5, 0.6) is 0 Å². The second kappa shape index (κ2) is 6.20. The summed E-state index contributed by atoms with van der Waals surface area (Å²) >= 11 is 0. The van der Waals surface area contributed by atoms with Crippen molar-refractivity contribution < 1.29 is 4.79 Å². The van der Waals surface area contributed by atoms with Crippen LogP contribution >= 0.6 is 0 Å². The molecule has 0 aliphatic heterocycles. The van der Waals surface area contributed by atoms with Crippen LogP contribution < -0.4 is 11.1 Å². The van der Waals surface area contributed by atoms with Crippen molar-refractivity contribution in [3.05, 3.63) is 48.2 Å². The van der Waals surface area contributed by atoms with Crippen LogP contribution in [0.3, 0.4) is 0 Å². The molecule has 1 saturated carbocycles. The third-order valence-electron chi connectivity index (χ3n) is 4.83. The van der Waals surface area contributed by atoms with Crippen LogP contribution in [0.25, 0.3) is 16.9 Å². The largest absolute Gasteiger partial charge is 0.369 e. The molecule has 0 bridgehead atoms. The van der Waals surface area contributed by atoms with Crippen LogP contribution in [0.15, 0.2) is 42.5 Å². The monoisotopic (exact) mass is 335 g/mol. The van der Waals surface area contributed by atoms with E-state index < -0.39 is 0 Å². The van der Waals surface area contributed by atoms with Gasteiger partial charge in [-0.05, 0) is 19.8 Å². The molecule has 3 N–H and O–H groups in total. The lowest BCUT2D eigenvalue weighted by Gasteiger charge is -2.20. The van der Waals surface area contributed by atoms with E-state index in [1.54, 1.807) is 4.52 Å². The quantitative estimate of drug-likeness (QED) is 0.768. The number of hydrogen-bond donors (Lipinski definition) is 2. The fourth-order valence-corrected chi connectivity index (χ4v) is 3.61. The number of hydrogen-bond acceptors (Lipinski definition) is 4. The average molecular weight is 335 g/mol. The SMILES string of the molecule is Cc1cc2nc(-c3ccccc3)cc(N[C@@H]3CCC[C@@H]3C(N)=O)n2n1. The molecule has 0 saturated heterocycles. The number of nitrogens with zero attached hydrogens (tertiary/aromatic N) is 3. The van der Waals surface area contributed by atoms with Gasteiger partial charge in [-0.2, -0.15) is 9.61 Å². The van der Waals surface area contributed by atoms with Crippen LogP contribution in [0, 0.1) is 12.8 Å². The summed E-state index contributed by atoms with van der Waals surface area (Å²) in [4.78, 5) is 16.4. The van der Waals surface area contributed by atoms with Gasteiger partial charge in [-0.1, -0.05) is 36.8 Å². The fraction of sp³-hybridized carbons (Fsp3) is 0.316. The molecule has 6 nitrogen and oxygen atoms in total. The Balaban J connectivity index is 1.77. The Bertz CT molecular complexity index is 918. The summed E-state index contributed by atoms with van der Waals surface area (Å²) in [5.41, 5.74) is 9.18. The van der Waals surface area contributed by atoms with Crippen molar-refractivity contribution in [2.75, 3.05) is 5.32 Å². The number of aryl methyl sites for hydroxylation is 1. The van der Waals surface area contributed by atoms with Gasteiger partial charge in [0.2, 0.25) is 5.91 Å². The number of fused-ring (bicyclic) bond motifs is 1. The number of aromatic nitrogens is 3. The molecular weight excluding hydrogens is 314 g/mol. The third-order valence-corrected chi connectivity index (χ3v) is 4.83. The van der Waals surface area contributed by atoms with Crippen LogP contribution in [-0.4, -0.2) is 26.5 Å². The van der Waals surface area contributed by atoms with E-state index in [0.29, 0.717) is 0 Å². The average Bonchev–Trinajstić information content (AvgIpc) is 3.21. The highest BCUT2D eigenvalue weighted by Crippen LogP contribution is 2.30. The van der Waals surface area contributed by atoms with E-state index in [9.17, 15) is 4.79 Å². The summed E-state index contributed by atoms with van der Waals surface area (Å²) in [5, 5.41) is 8.03. The van der Waals surface area contributed by atoms with Crippen molar-refractivity contribution in [3.63, 3.8) is 0 Å². The van der Waals surface area contributed by atoms with E-state index in [0.717, 1.165) is 47.7 Å². The number of benzene rings is 1. The Morgan fingerprint density at radius 3 is 2.80 bits per heavy atom. The van der Waals surface area contributed by atoms with Gasteiger partial charge >= 0.3 is 0 Å². The van der Waals surface area contributed by atoms with Gasteiger partial charge in [-0.3, -0.25) is 4.79 Å². The number of carbonyl (C=O) groups excluding carboxylic acids is 1. The number of carbonyl (C=O) groups is 1. The van der Waals surface area contributed by atoms with Gasteiger partial charge < -0.3 is 11.1 Å². The van der Waals surface area contributed by atoms with Gasteiger partial charge in [-0.25, -0.2) is 4.98 Å². The second-order valence-electron chi connectivity index (χ2n) is 6.64. The molecule has 128 valence electrons. The van der Waals surface area contributed by atoms with Crippen molar-refractivity contribution in [1.82, 2.24) is 14.6 Å². The third kappa shape index (κ3) is 2.95. The normalized spacial score (nSPS) is 20.0. The predicted octanol–water partition coefficient (Wildman–Crippen LogP) is 2.77. The molecule has 2 aromatic heterocycles. The van der Waals surface area contributed by atoms with E-state index in [-0.39, 0.29) is 17.9 Å². The Kier molecular flexibility index (Phi) is 3.87. The minimum Gasteiger partial charge on any atom is -0.369 e. The number of anilines is 1. The highest BCUT2D eigenvalue weighted by molar-refractivity contribution is 5.78. The molecule has 2 heterocycles. The molecule has 1 amide bonds. The number of nitrogens with one attached hydrogen (secondary N) is 1. The lowest BCUT2D eigenvalue weighted by atomic mass is 10.0. The highest BCUT2D eigenvalue weighted by Gasteiger charge is 2.32. The van der Waals surface area contributed by atoms with E-state index in [2.05, 4.69) is 10.4 Å². The molecule has 0 spiro atoms. The fourth-order valence-electron chi connectivity index (χ4n) is 3.61. The summed E-state index contributed by atoms with van der Waals surface area (Å²) in [6, 6.07) is 14.0. The molecule has 2 atom stereocenters. The lowest BCUT2D eigenvalue weighted by Crippen LogP contribution is -2.34. The maximum atomic E-state index is 11.7. The van der Waals surface area contributed by atoms with E-state index >= 15 is 0 Å². The van der Waals surface area contributed by atoms with Crippen molar-refractivity contribution in [1.29, 1.82) is 0 Å². The molecule has 25 heavy (non-hydrogen) atoms. The van der Waals surface area contributed by atoms with Crippen molar-refractivity contribution in [2.24, 2.45) is 11.7 Å². The number of rotatable bonds is 4. The first-order valence-corrected chi connectivity index (χ1v) is 8.60. The molecule has 0 radical (unpaired) electrons. The van der Waals surface area contributed by atoms with Crippen molar-refractivity contribution in [2.45, 2.75) is 32.2 Å². The van der Waals surface area contributed by atoms with Crippen LogP contribution in [0.4, 0.5) is 5.82 Å². The topological polar surface area (TPSA) is 85.3 Å². The van der Waals surface area contributed by atoms with Gasteiger partial charge in [0.05, 0.1) is 17.3 Å². The first kappa shape index (κ1) is 15.6. The Morgan fingerprint density at radius 1 is 1.24 bits per heavy atom. The van der Waals surface area contributed by atoms with Gasteiger partial charge in [0.25, 0.3) is 0 Å². The van der Waals surface area contributed by atoms with E-state index in [1.807, 2.05) is 49.4 Å². The van der Waals surface area contributed by atoms with Crippen molar-refractivity contribution in [3.8, 4) is 11.3 Å². The summed E-state index contributed by atoms with van der Waals surface area (Å²) in [7, 11) is 0. The molecule has 1 aromatic carbocycles. The summed E-state index contributed by atoms with van der Waals surface area (Å²) in [5.74, 6) is 0.468. The number of nitrogens with two attached hydrogens (primary N) is 1. The molecular formula is C19H21N5O. The molecule has 4 rings (SSSR count). The number of primary amides is 1. The van der Waals surface area contributed by atoms with E-state index in [4.69, 9.17) is 10.7 Å². The molecule has 3 aromatic rings. The first-order valence-electron chi connectivity index (χ1n) is 8.60. The van der Waals surface area contributed by atoms with Gasteiger partial charge in [-0.15, -0.1) is 0 Å². The van der Waals surface area contributed by atoms with Crippen LogP contribution in [0.2, 0.25) is 0 Å². The molecule has 1 fully saturated rings. The Morgan fingerprint density at radius 2 is 2.04 bits per heavy atom. The molecule has 1 aliphatic rings. The van der Waals surface area contributed by atoms with Crippen LogP contribution in [-0.2, 0) is 4.79 Å². The first-order chi connectivity index (χ1) is 12.1. The minimum absolute atomic E-state index is 0.0382. The van der Waals surface area contributed by atoms with Gasteiger partial charge in [0.15, 0.2) is 5.65 Å². The Hall–Kier alpha value is -2.89. The zero-order valence-corrected chi connectivity index (χ0v) is 14.1. The Labute approximate surface area is 146 Å². The molecule has 0 unspecified atom stereocenters. The molecule has 6 heteroatoms. The zero-order valence-electron chi connectivity index (χ0n) is 14.1. The summed E-state index contributed by atoms with van der Waals surface area (Å²) in [6.45, 7) is 1.95. The summed E-state index contributed by atoms with van der Waals surface area (Å²) < 4.78 is 1.80. The van der Waals surface area contributed by atoms with Gasteiger partial charge in [0, 0.05) is 23.7 Å². The summed E-state index contributed by atoms with van der Waals surface area (Å²) in [6.07, 6.45) is 2.77. The maximum Gasteiger partial charge on any atom is 0.222 e. The predicted molar refractivity (Wildman–Crippen MR) is 97.1 cm³/mol. The highest BCUT2D eigenvalue weighted by atomic mass is 16.1. The van der Waals surface area contributed by atoms with Gasteiger partial charge in [0.1, 0.15) is 5.82 Å². The smallest absolute Gasteiger partial charge is 0.222 e. The minimum atomic E-state index is -0.236. The molecule has 1 aliphatic carbocycles. The van der Waals surface area contributed by atoms with Crippen molar-refractivity contribution >= 4 is 17.4 Å². The lowest BCUT2D eigenvalue weighted by molar-refractivity contribution is -0.121.